The lowest BCUT2D eigenvalue weighted by Crippen LogP contribution is -2.47. The minimum absolute atomic E-state index is 0.0163. The van der Waals surface area contributed by atoms with Gasteiger partial charge in [0.25, 0.3) is 5.91 Å². The molecule has 0 aromatic carbocycles. The summed E-state index contributed by atoms with van der Waals surface area (Å²) < 4.78 is 0. The molecule has 2 aliphatic carbocycles. The Morgan fingerprint density at radius 1 is 1.11 bits per heavy atom. The molecule has 28 heavy (non-hydrogen) atoms. The van der Waals surface area contributed by atoms with Crippen molar-refractivity contribution in [2.75, 3.05) is 11.9 Å². The van der Waals surface area contributed by atoms with Crippen molar-refractivity contribution in [2.45, 2.75) is 77.7 Å². The van der Waals surface area contributed by atoms with E-state index in [0.29, 0.717) is 10.6 Å². The van der Waals surface area contributed by atoms with Gasteiger partial charge in [-0.2, -0.15) is 0 Å². The van der Waals surface area contributed by atoms with Gasteiger partial charge in [-0.25, -0.2) is 0 Å². The van der Waals surface area contributed by atoms with E-state index < -0.39 is 5.91 Å². The van der Waals surface area contributed by atoms with Crippen LogP contribution in [0, 0.1) is 5.92 Å². The molecule has 0 saturated heterocycles. The number of hydrogen-bond donors (Lipinski definition) is 2. The molecule has 0 aliphatic heterocycles. The Morgan fingerprint density at radius 3 is 2.43 bits per heavy atom. The first-order valence-electron chi connectivity index (χ1n) is 10.4. The number of carbonyl (C=O) groups excluding carboxylic acids is 3. The molecule has 0 spiro atoms. The molecule has 3 N–H and O–H groups in total. The Labute approximate surface area is 170 Å². The third-order valence-corrected chi connectivity index (χ3v) is 6.98. The van der Waals surface area contributed by atoms with Crippen LogP contribution in [0.15, 0.2) is 0 Å². The van der Waals surface area contributed by atoms with E-state index in [0.717, 1.165) is 61.8 Å². The van der Waals surface area contributed by atoms with Crippen LogP contribution >= 0.6 is 11.3 Å². The minimum atomic E-state index is -0.489. The molecular weight excluding hydrogens is 374 g/mol. The molecule has 0 radical (unpaired) electrons. The quantitative estimate of drug-likeness (QED) is 0.759. The molecule has 7 heteroatoms. The summed E-state index contributed by atoms with van der Waals surface area (Å²) in [6.45, 7) is 3.77. The third-order valence-electron chi connectivity index (χ3n) is 5.78. The van der Waals surface area contributed by atoms with E-state index >= 15 is 0 Å². The summed E-state index contributed by atoms with van der Waals surface area (Å²) in [4.78, 5) is 40.5. The topological polar surface area (TPSA) is 92.5 Å². The molecule has 6 nitrogen and oxygen atoms in total. The SMILES string of the molecule is CC(C)C(=O)N(CC(=O)Nc1sc2c(c1C(N)=O)CCCC2)C1CCCCC1. The summed E-state index contributed by atoms with van der Waals surface area (Å²) in [5.74, 6) is -0.870. The Hall–Kier alpha value is -1.89. The van der Waals surface area contributed by atoms with Gasteiger partial charge in [-0.05, 0) is 44.1 Å². The van der Waals surface area contributed by atoms with Crippen molar-refractivity contribution in [3.8, 4) is 0 Å². The number of amides is 3. The second kappa shape index (κ2) is 9.07. The van der Waals surface area contributed by atoms with Crippen molar-refractivity contribution in [3.05, 3.63) is 16.0 Å². The largest absolute Gasteiger partial charge is 0.365 e. The molecule has 1 saturated carbocycles. The molecule has 3 rings (SSSR count). The highest BCUT2D eigenvalue weighted by Crippen LogP contribution is 2.38. The zero-order chi connectivity index (χ0) is 20.3. The molecule has 1 heterocycles. The van der Waals surface area contributed by atoms with Gasteiger partial charge >= 0.3 is 0 Å². The van der Waals surface area contributed by atoms with Crippen LogP contribution in [-0.4, -0.2) is 35.2 Å². The number of thiophene rings is 1. The summed E-state index contributed by atoms with van der Waals surface area (Å²) in [7, 11) is 0. The van der Waals surface area contributed by atoms with Gasteiger partial charge in [0, 0.05) is 16.8 Å². The molecule has 1 aromatic rings. The van der Waals surface area contributed by atoms with Gasteiger partial charge in [0.15, 0.2) is 0 Å². The van der Waals surface area contributed by atoms with Gasteiger partial charge in [0.1, 0.15) is 11.5 Å². The van der Waals surface area contributed by atoms with Crippen molar-refractivity contribution >= 4 is 34.1 Å². The molecule has 3 amide bonds. The highest BCUT2D eigenvalue weighted by Gasteiger charge is 2.30. The van der Waals surface area contributed by atoms with Crippen LogP contribution in [0.2, 0.25) is 0 Å². The number of nitrogens with zero attached hydrogens (tertiary/aromatic N) is 1. The Balaban J connectivity index is 1.76. The van der Waals surface area contributed by atoms with E-state index in [1.165, 1.54) is 17.8 Å². The van der Waals surface area contributed by atoms with E-state index in [-0.39, 0.29) is 30.3 Å². The highest BCUT2D eigenvalue weighted by molar-refractivity contribution is 7.17. The predicted octanol–water partition coefficient (Wildman–Crippen LogP) is 3.48. The molecule has 1 aromatic heterocycles. The molecular formula is C21H31N3O3S. The van der Waals surface area contributed by atoms with Gasteiger partial charge in [-0.1, -0.05) is 33.1 Å². The smallest absolute Gasteiger partial charge is 0.251 e. The van der Waals surface area contributed by atoms with Gasteiger partial charge in [-0.3, -0.25) is 14.4 Å². The second-order valence-corrected chi connectivity index (χ2v) is 9.35. The van der Waals surface area contributed by atoms with Gasteiger partial charge in [-0.15, -0.1) is 11.3 Å². The second-order valence-electron chi connectivity index (χ2n) is 8.24. The van der Waals surface area contributed by atoms with Crippen LogP contribution in [0.25, 0.3) is 0 Å². The van der Waals surface area contributed by atoms with Crippen molar-refractivity contribution in [1.29, 1.82) is 0 Å². The lowest BCUT2D eigenvalue weighted by atomic mass is 9.93. The summed E-state index contributed by atoms with van der Waals surface area (Å²) in [6, 6.07) is 0.126. The van der Waals surface area contributed by atoms with E-state index in [1.54, 1.807) is 4.90 Å². The van der Waals surface area contributed by atoms with Crippen LogP contribution in [0.5, 0.6) is 0 Å². The molecule has 154 valence electrons. The molecule has 2 aliphatic rings. The first-order chi connectivity index (χ1) is 13.4. The number of carbonyl (C=O) groups is 3. The summed E-state index contributed by atoms with van der Waals surface area (Å²) >= 11 is 1.46. The number of nitrogens with two attached hydrogens (primary N) is 1. The predicted molar refractivity (Wildman–Crippen MR) is 112 cm³/mol. The van der Waals surface area contributed by atoms with E-state index in [4.69, 9.17) is 5.73 Å². The van der Waals surface area contributed by atoms with Crippen molar-refractivity contribution in [1.82, 2.24) is 4.90 Å². The Kier molecular flexibility index (Phi) is 6.75. The normalized spacial score (nSPS) is 17.2. The first-order valence-corrected chi connectivity index (χ1v) is 11.2. The fourth-order valence-electron chi connectivity index (χ4n) is 4.35. The molecule has 0 unspecified atom stereocenters. The minimum Gasteiger partial charge on any atom is -0.365 e. The Bertz CT molecular complexity index is 750. The van der Waals surface area contributed by atoms with Crippen LogP contribution in [0.3, 0.4) is 0 Å². The average Bonchev–Trinajstić information content (AvgIpc) is 3.04. The third kappa shape index (κ3) is 4.57. The monoisotopic (exact) mass is 405 g/mol. The maximum atomic E-state index is 12.8. The first kappa shape index (κ1) is 20.8. The number of anilines is 1. The fourth-order valence-corrected chi connectivity index (χ4v) is 5.66. The maximum Gasteiger partial charge on any atom is 0.251 e. The lowest BCUT2D eigenvalue weighted by Gasteiger charge is -2.35. The summed E-state index contributed by atoms with van der Waals surface area (Å²) in [6.07, 6.45) is 9.17. The van der Waals surface area contributed by atoms with Gasteiger partial charge < -0.3 is 16.0 Å². The van der Waals surface area contributed by atoms with Crippen molar-refractivity contribution < 1.29 is 14.4 Å². The number of primary amides is 1. The number of fused-ring (bicyclic) bond motifs is 1. The highest BCUT2D eigenvalue weighted by atomic mass is 32.1. The number of aryl methyl sites for hydroxylation is 1. The summed E-state index contributed by atoms with van der Waals surface area (Å²) in [5, 5.41) is 3.44. The molecule has 0 bridgehead atoms. The van der Waals surface area contributed by atoms with Gasteiger partial charge in [0.2, 0.25) is 11.8 Å². The van der Waals surface area contributed by atoms with E-state index in [9.17, 15) is 14.4 Å². The number of rotatable bonds is 6. The average molecular weight is 406 g/mol. The van der Waals surface area contributed by atoms with Gasteiger partial charge in [0.05, 0.1) is 5.56 Å². The van der Waals surface area contributed by atoms with Crippen LogP contribution in [0.4, 0.5) is 5.00 Å². The zero-order valence-corrected chi connectivity index (χ0v) is 17.7. The van der Waals surface area contributed by atoms with Crippen LogP contribution in [-0.2, 0) is 22.4 Å². The fraction of sp³-hybridized carbons (Fsp3) is 0.667. The standard InChI is InChI=1S/C21H31N3O3S/c1-13(2)21(27)24(14-8-4-3-5-9-14)12-17(25)23-20-18(19(22)26)15-10-6-7-11-16(15)28-20/h13-14H,3-12H2,1-2H3,(H2,22,26)(H,23,25). The zero-order valence-electron chi connectivity index (χ0n) is 16.9. The van der Waals surface area contributed by atoms with Crippen LogP contribution in [0.1, 0.15) is 79.6 Å². The van der Waals surface area contributed by atoms with E-state index in [2.05, 4.69) is 5.32 Å². The Morgan fingerprint density at radius 2 is 1.79 bits per heavy atom. The molecule has 0 atom stereocenters. The van der Waals surface area contributed by atoms with E-state index in [1.807, 2.05) is 13.8 Å². The van der Waals surface area contributed by atoms with Crippen LogP contribution < -0.4 is 11.1 Å². The molecule has 1 fully saturated rings. The lowest BCUT2D eigenvalue weighted by molar-refractivity contribution is -0.140. The van der Waals surface area contributed by atoms with Crippen molar-refractivity contribution in [3.63, 3.8) is 0 Å². The number of nitrogens with one attached hydrogen (secondary N) is 1. The van der Waals surface area contributed by atoms with Crippen molar-refractivity contribution in [2.24, 2.45) is 11.7 Å². The number of hydrogen-bond acceptors (Lipinski definition) is 4. The summed E-state index contributed by atoms with van der Waals surface area (Å²) in [5.41, 5.74) is 7.08. The maximum absolute atomic E-state index is 12.8.